The lowest BCUT2D eigenvalue weighted by Crippen LogP contribution is -2.35. The highest BCUT2D eigenvalue weighted by atomic mass is 16.5. The quantitative estimate of drug-likeness (QED) is 0.852. The maximum Gasteiger partial charge on any atom is 0.241 e. The van der Waals surface area contributed by atoms with Crippen LogP contribution in [0.2, 0.25) is 0 Å². The van der Waals surface area contributed by atoms with Crippen LogP contribution in [0.4, 0.5) is 5.69 Å². The first kappa shape index (κ1) is 16.3. The Labute approximate surface area is 142 Å². The van der Waals surface area contributed by atoms with Crippen LogP contribution >= 0.6 is 0 Å². The first-order valence-corrected chi connectivity index (χ1v) is 8.29. The minimum atomic E-state index is -0.0789. The average Bonchev–Trinajstić information content (AvgIpc) is 3.13. The second-order valence-electron chi connectivity index (χ2n) is 5.67. The molecule has 0 aliphatic carbocycles. The molecule has 1 aliphatic heterocycles. The van der Waals surface area contributed by atoms with Crippen LogP contribution in [0, 0.1) is 0 Å². The van der Waals surface area contributed by atoms with Gasteiger partial charge in [-0.3, -0.25) is 4.79 Å². The summed E-state index contributed by atoms with van der Waals surface area (Å²) < 4.78 is 11.2. The molecule has 0 aromatic heterocycles. The minimum absolute atomic E-state index is 0.0210. The Morgan fingerprint density at radius 2 is 1.71 bits per heavy atom. The summed E-state index contributed by atoms with van der Waals surface area (Å²) >= 11 is 0. The van der Waals surface area contributed by atoms with Gasteiger partial charge in [0.15, 0.2) is 0 Å². The van der Waals surface area contributed by atoms with Crippen LogP contribution in [0.15, 0.2) is 48.5 Å². The van der Waals surface area contributed by atoms with Crippen LogP contribution in [0.5, 0.6) is 17.2 Å². The number of carbonyl (C=O) groups excluding carboxylic acids is 1. The third kappa shape index (κ3) is 4.26. The molecule has 2 aromatic carbocycles. The lowest BCUT2D eigenvalue weighted by atomic mass is 10.2. The van der Waals surface area contributed by atoms with Crippen LogP contribution < -0.4 is 20.1 Å². The molecule has 1 amide bonds. The third-order valence-electron chi connectivity index (χ3n) is 3.87. The van der Waals surface area contributed by atoms with Crippen molar-refractivity contribution >= 4 is 11.6 Å². The molecule has 1 fully saturated rings. The van der Waals surface area contributed by atoms with Crippen molar-refractivity contribution in [1.82, 2.24) is 5.32 Å². The highest BCUT2D eigenvalue weighted by Gasteiger charge is 2.21. The van der Waals surface area contributed by atoms with E-state index in [2.05, 4.69) is 10.6 Å². The van der Waals surface area contributed by atoms with Crippen molar-refractivity contribution in [2.45, 2.75) is 25.8 Å². The molecule has 126 valence electrons. The summed E-state index contributed by atoms with van der Waals surface area (Å²) in [6.45, 7) is 3.50. The second kappa shape index (κ2) is 7.84. The summed E-state index contributed by atoms with van der Waals surface area (Å²) in [5.41, 5.74) is 0.771. The highest BCUT2D eigenvalue weighted by molar-refractivity contribution is 5.95. The number of hydrogen-bond acceptors (Lipinski definition) is 4. The van der Waals surface area contributed by atoms with Crippen molar-refractivity contribution in [2.24, 2.45) is 0 Å². The molecule has 1 unspecified atom stereocenters. The smallest absolute Gasteiger partial charge is 0.241 e. The van der Waals surface area contributed by atoms with E-state index >= 15 is 0 Å². The number of rotatable bonds is 6. The highest BCUT2D eigenvalue weighted by Crippen LogP contribution is 2.25. The van der Waals surface area contributed by atoms with Gasteiger partial charge >= 0.3 is 0 Å². The fourth-order valence-electron chi connectivity index (χ4n) is 2.65. The SMILES string of the molecule is CCOc1ccc(Oc2ccc(NC(=O)C3CCCN3)cc2)cc1. The van der Waals surface area contributed by atoms with Gasteiger partial charge in [0.05, 0.1) is 12.6 Å². The lowest BCUT2D eigenvalue weighted by molar-refractivity contribution is -0.117. The van der Waals surface area contributed by atoms with Crippen LogP contribution in [0.1, 0.15) is 19.8 Å². The van der Waals surface area contributed by atoms with Gasteiger partial charge < -0.3 is 20.1 Å². The summed E-state index contributed by atoms with van der Waals surface area (Å²) in [6.07, 6.45) is 1.94. The molecule has 0 spiro atoms. The predicted molar refractivity (Wildman–Crippen MR) is 93.8 cm³/mol. The molecule has 0 saturated carbocycles. The summed E-state index contributed by atoms with van der Waals surface area (Å²) in [4.78, 5) is 12.1. The van der Waals surface area contributed by atoms with Gasteiger partial charge in [0.25, 0.3) is 0 Å². The van der Waals surface area contributed by atoms with Gasteiger partial charge in [0, 0.05) is 5.69 Å². The molecule has 0 bridgehead atoms. The zero-order chi connectivity index (χ0) is 16.8. The molecule has 24 heavy (non-hydrogen) atoms. The fourth-order valence-corrected chi connectivity index (χ4v) is 2.65. The number of nitrogens with one attached hydrogen (secondary N) is 2. The Balaban J connectivity index is 1.56. The Bertz CT molecular complexity index is 662. The molecule has 5 nitrogen and oxygen atoms in total. The zero-order valence-electron chi connectivity index (χ0n) is 13.7. The molecule has 1 heterocycles. The van der Waals surface area contributed by atoms with Crippen LogP contribution in [0.3, 0.4) is 0 Å². The van der Waals surface area contributed by atoms with E-state index in [-0.39, 0.29) is 11.9 Å². The van der Waals surface area contributed by atoms with Crippen molar-refractivity contribution in [1.29, 1.82) is 0 Å². The van der Waals surface area contributed by atoms with E-state index in [0.29, 0.717) is 6.61 Å². The first-order chi connectivity index (χ1) is 11.7. The molecular formula is C19H22N2O3. The summed E-state index contributed by atoms with van der Waals surface area (Å²) in [6, 6.07) is 14.8. The van der Waals surface area contributed by atoms with Crippen LogP contribution in [-0.4, -0.2) is 25.1 Å². The number of anilines is 1. The molecule has 2 aromatic rings. The van der Waals surface area contributed by atoms with Gasteiger partial charge in [0.1, 0.15) is 17.2 Å². The van der Waals surface area contributed by atoms with E-state index < -0.39 is 0 Å². The molecule has 1 saturated heterocycles. The molecule has 1 aliphatic rings. The van der Waals surface area contributed by atoms with E-state index in [1.54, 1.807) is 0 Å². The number of benzene rings is 2. The van der Waals surface area contributed by atoms with Gasteiger partial charge in [-0.05, 0) is 74.8 Å². The Hall–Kier alpha value is -2.53. The van der Waals surface area contributed by atoms with Crippen molar-refractivity contribution in [3.63, 3.8) is 0 Å². The Morgan fingerprint density at radius 3 is 2.29 bits per heavy atom. The maximum atomic E-state index is 12.1. The van der Waals surface area contributed by atoms with Gasteiger partial charge in [-0.2, -0.15) is 0 Å². The third-order valence-corrected chi connectivity index (χ3v) is 3.87. The largest absolute Gasteiger partial charge is 0.494 e. The van der Waals surface area contributed by atoms with E-state index in [1.807, 2.05) is 55.5 Å². The fraction of sp³-hybridized carbons (Fsp3) is 0.316. The molecule has 2 N–H and O–H groups in total. The van der Waals surface area contributed by atoms with Gasteiger partial charge in [-0.15, -0.1) is 0 Å². The summed E-state index contributed by atoms with van der Waals surface area (Å²) in [5, 5.41) is 6.11. The Morgan fingerprint density at radius 1 is 1.08 bits per heavy atom. The number of hydrogen-bond donors (Lipinski definition) is 2. The normalized spacial score (nSPS) is 16.6. The lowest BCUT2D eigenvalue weighted by Gasteiger charge is -2.12. The summed E-state index contributed by atoms with van der Waals surface area (Å²) in [5.74, 6) is 2.30. The van der Waals surface area contributed by atoms with E-state index in [4.69, 9.17) is 9.47 Å². The van der Waals surface area contributed by atoms with Crippen molar-refractivity contribution in [2.75, 3.05) is 18.5 Å². The maximum absolute atomic E-state index is 12.1. The van der Waals surface area contributed by atoms with Gasteiger partial charge in [-0.1, -0.05) is 0 Å². The molecule has 5 heteroatoms. The van der Waals surface area contributed by atoms with Crippen LogP contribution in [-0.2, 0) is 4.79 Å². The number of carbonyl (C=O) groups is 1. The molecular weight excluding hydrogens is 304 g/mol. The van der Waals surface area contributed by atoms with Crippen molar-refractivity contribution < 1.29 is 14.3 Å². The standard InChI is InChI=1S/C19H22N2O3/c1-2-23-15-9-11-17(12-10-15)24-16-7-5-14(6-8-16)21-19(22)18-4-3-13-20-18/h5-12,18,20H,2-4,13H2,1H3,(H,21,22). The first-order valence-electron chi connectivity index (χ1n) is 8.29. The average molecular weight is 326 g/mol. The molecule has 0 radical (unpaired) electrons. The van der Waals surface area contributed by atoms with Gasteiger partial charge in [0.2, 0.25) is 5.91 Å². The van der Waals surface area contributed by atoms with E-state index in [0.717, 1.165) is 42.3 Å². The minimum Gasteiger partial charge on any atom is -0.494 e. The number of ether oxygens (including phenoxy) is 2. The molecule has 1 atom stereocenters. The van der Waals surface area contributed by atoms with E-state index in [9.17, 15) is 4.79 Å². The predicted octanol–water partition coefficient (Wildman–Crippen LogP) is 3.57. The zero-order valence-corrected chi connectivity index (χ0v) is 13.7. The topological polar surface area (TPSA) is 59.6 Å². The Kier molecular flexibility index (Phi) is 5.33. The second-order valence-corrected chi connectivity index (χ2v) is 5.67. The molecule has 3 rings (SSSR count). The van der Waals surface area contributed by atoms with Crippen molar-refractivity contribution in [3.8, 4) is 17.2 Å². The van der Waals surface area contributed by atoms with E-state index in [1.165, 1.54) is 0 Å². The van der Waals surface area contributed by atoms with Crippen LogP contribution in [0.25, 0.3) is 0 Å². The monoisotopic (exact) mass is 326 g/mol. The van der Waals surface area contributed by atoms with Crippen molar-refractivity contribution in [3.05, 3.63) is 48.5 Å². The van der Waals surface area contributed by atoms with Gasteiger partial charge in [-0.25, -0.2) is 0 Å². The summed E-state index contributed by atoms with van der Waals surface area (Å²) in [7, 11) is 0. The number of amides is 1.